The first-order chi connectivity index (χ1) is 62.1. The van der Waals surface area contributed by atoms with Crippen LogP contribution in [-0.2, 0) is 50.9 Å². The van der Waals surface area contributed by atoms with Gasteiger partial charge >= 0.3 is 35.8 Å². The molecule has 10 aromatic rings. The number of quaternary nitrogens is 6. The molecule has 3 unspecified atom stereocenters. The van der Waals surface area contributed by atoms with Gasteiger partial charge in [0.15, 0.2) is 0 Å². The summed E-state index contributed by atoms with van der Waals surface area (Å²) in [5.41, 5.74) is 7.55. The van der Waals surface area contributed by atoms with Crippen molar-refractivity contribution in [2.24, 2.45) is 0 Å². The summed E-state index contributed by atoms with van der Waals surface area (Å²) in [4.78, 5) is 74.0. The topological polar surface area (TPSA) is 158 Å². The van der Waals surface area contributed by atoms with Gasteiger partial charge in [-0.25, -0.2) is 19.2 Å². The third-order valence-electron chi connectivity index (χ3n) is 26.5. The van der Waals surface area contributed by atoms with E-state index in [-0.39, 0.29) is 47.7 Å². The second kappa shape index (κ2) is 53.8. The highest BCUT2D eigenvalue weighted by Gasteiger charge is 2.33. The standard InChI is InChI=1S/C22H32NO2.C21H30NO2.C19H26NO2.C18H28NO2.C16H20NO2.C15H22NO2/c1-4-7-16-23(6-3,15-5-2)17-18-25-22(24)21-14-10-12-19-11-8-9-13-20(19)21;1-4-14-22(6-3,15-5-2)16-17-24-21(23)20-13-9-11-18-10-7-8-12-19(18)20;1-4-20(5-2,6-3)14-15-22-19(21)18-13-9-11-16-10-7-8-12-17(16)18;1-4-19(5-2,6-3)13-14-21-18(20)17-12-11-15-9-7-8-10-16(15)17;1-17(2,3)11-12-19-16(18)15-10-6-8-13-7-4-5-9-14(13)15;1-16(2,3)10-11-18-15(17)14-9-8-12-6-4-5-7-13(12)14/h8-14H,4-7,15-18H2,1-3H3;7-13H,4-6,14-17H2,1-3H3;7-13H,4-6,14-15H2,1-3H3;7-10,17H,4-6,11-14H2,1-3H3;4-10H,11-12H2,1-3H3;4-7,14H,8-11H2,1-3H3/q6*+1. The summed E-state index contributed by atoms with van der Waals surface area (Å²) in [5, 5.41) is 8.10. The van der Waals surface area contributed by atoms with Gasteiger partial charge in [-0.3, -0.25) is 9.59 Å². The van der Waals surface area contributed by atoms with Gasteiger partial charge in [-0.2, -0.15) is 0 Å². The zero-order valence-electron chi connectivity index (χ0n) is 81.9. The van der Waals surface area contributed by atoms with Crippen LogP contribution < -0.4 is 0 Å². The minimum absolute atomic E-state index is 0.0404. The number of nitrogens with zero attached hydrogens (tertiary/aromatic N) is 6. The normalized spacial score (nSPS) is 13.9. The molecule has 0 fully saturated rings. The lowest BCUT2D eigenvalue weighted by molar-refractivity contribution is -0.926. The summed E-state index contributed by atoms with van der Waals surface area (Å²) < 4.78 is 38.9. The molecule has 0 heterocycles. The molecule has 2 aliphatic rings. The summed E-state index contributed by atoms with van der Waals surface area (Å²) in [7, 11) is 12.5. The number of fused-ring (bicyclic) bond motifs is 6. The Morgan fingerprint density at radius 1 is 0.256 bits per heavy atom. The molecule has 18 heteroatoms. The van der Waals surface area contributed by atoms with E-state index < -0.39 is 0 Å². The molecular formula is C111H158N6O12+6. The van der Waals surface area contributed by atoms with Gasteiger partial charge in [0.05, 0.1) is 155 Å². The smallest absolute Gasteiger partial charge is 0.338 e. The van der Waals surface area contributed by atoms with Gasteiger partial charge in [-0.05, 0) is 196 Å². The van der Waals surface area contributed by atoms with Gasteiger partial charge in [-0.1, -0.05) is 228 Å². The fourth-order valence-electron chi connectivity index (χ4n) is 17.7. The lowest BCUT2D eigenvalue weighted by Gasteiger charge is -2.37. The average Bonchev–Trinajstić information content (AvgIpc) is 1.81. The van der Waals surface area contributed by atoms with Gasteiger partial charge in [0.2, 0.25) is 0 Å². The minimum Gasteiger partial charge on any atom is -0.459 e. The van der Waals surface area contributed by atoms with Crippen LogP contribution in [0.3, 0.4) is 0 Å². The number of benzene rings is 10. The molecule has 18 nitrogen and oxygen atoms in total. The maximum absolute atomic E-state index is 12.6. The zero-order chi connectivity index (χ0) is 93.9. The van der Waals surface area contributed by atoms with Crippen molar-refractivity contribution in [1.82, 2.24) is 0 Å². The van der Waals surface area contributed by atoms with E-state index in [1.165, 1.54) is 36.1 Å². The third kappa shape index (κ3) is 32.4. The van der Waals surface area contributed by atoms with Gasteiger partial charge in [0.1, 0.15) is 78.9 Å². The third-order valence-corrected chi connectivity index (χ3v) is 26.5. The number of likely N-dealkylation sites (N-methyl/N-ethyl adjacent to an activating group) is 6. The van der Waals surface area contributed by atoms with E-state index in [4.69, 9.17) is 28.4 Å². The number of rotatable bonds is 41. The lowest BCUT2D eigenvalue weighted by Crippen LogP contribution is -2.51. The molecule has 0 aliphatic heterocycles. The molecule has 12 rings (SSSR count). The van der Waals surface area contributed by atoms with Crippen LogP contribution in [0.1, 0.15) is 204 Å². The number of unbranched alkanes of at least 4 members (excludes halogenated alkanes) is 1. The van der Waals surface area contributed by atoms with Gasteiger partial charge in [0.25, 0.3) is 0 Å². The molecule has 0 radical (unpaired) electrons. The molecule has 0 amide bonds. The number of carbonyl (C=O) groups excluding carboxylic acids is 6. The average molecular weight is 1770 g/mol. The van der Waals surface area contributed by atoms with Crippen molar-refractivity contribution in [3.63, 3.8) is 0 Å². The number of hydrogen-bond donors (Lipinski definition) is 0. The van der Waals surface area contributed by atoms with E-state index in [2.05, 4.69) is 144 Å². The van der Waals surface area contributed by atoms with E-state index in [0.29, 0.717) is 61.9 Å². The fourth-order valence-corrected chi connectivity index (χ4v) is 17.7. The molecular weight excluding hydrogens is 1610 g/mol. The van der Waals surface area contributed by atoms with Crippen molar-refractivity contribution in [3.05, 3.63) is 263 Å². The van der Waals surface area contributed by atoms with Crippen molar-refractivity contribution in [2.75, 3.05) is 200 Å². The highest BCUT2D eigenvalue weighted by Crippen LogP contribution is 2.36. The van der Waals surface area contributed by atoms with Crippen molar-refractivity contribution in [2.45, 2.75) is 153 Å². The Morgan fingerprint density at radius 3 is 0.775 bits per heavy atom. The highest BCUT2D eigenvalue weighted by atomic mass is 16.6. The molecule has 0 bridgehead atoms. The van der Waals surface area contributed by atoms with Crippen LogP contribution in [0, 0.1) is 0 Å². The van der Waals surface area contributed by atoms with Crippen molar-refractivity contribution in [1.29, 1.82) is 0 Å². The van der Waals surface area contributed by atoms with Crippen molar-refractivity contribution >= 4 is 78.9 Å². The molecule has 698 valence electrons. The molecule has 3 atom stereocenters. The predicted molar refractivity (Wildman–Crippen MR) is 530 cm³/mol. The molecule has 10 aromatic carbocycles. The molecule has 129 heavy (non-hydrogen) atoms. The Bertz CT molecular complexity index is 5060. The summed E-state index contributed by atoms with van der Waals surface area (Å²) in [6.45, 7) is 48.1. The molecule has 0 saturated carbocycles. The van der Waals surface area contributed by atoms with E-state index in [1.807, 2.05) is 200 Å². The molecule has 0 N–H and O–H groups in total. The summed E-state index contributed by atoms with van der Waals surface area (Å²) in [5.74, 6) is -1.09. The number of hydrogen-bond acceptors (Lipinski definition) is 12. The van der Waals surface area contributed by atoms with Crippen LogP contribution in [0.25, 0.3) is 43.1 Å². The molecule has 0 aromatic heterocycles. The molecule has 0 spiro atoms. The predicted octanol–water partition coefficient (Wildman–Crippen LogP) is 21.4. The van der Waals surface area contributed by atoms with Crippen LogP contribution in [0.4, 0.5) is 0 Å². The van der Waals surface area contributed by atoms with E-state index in [0.717, 1.165) is 232 Å². The zero-order valence-corrected chi connectivity index (χ0v) is 81.9. The monoisotopic (exact) mass is 1770 g/mol. The maximum Gasteiger partial charge on any atom is 0.338 e. The Balaban J connectivity index is 0.000000213. The first-order valence-electron chi connectivity index (χ1n) is 48.2. The van der Waals surface area contributed by atoms with Crippen LogP contribution in [0.15, 0.2) is 218 Å². The molecule has 0 saturated heterocycles. The first-order valence-corrected chi connectivity index (χ1v) is 48.2. The van der Waals surface area contributed by atoms with Crippen LogP contribution >= 0.6 is 0 Å². The van der Waals surface area contributed by atoms with Crippen LogP contribution in [0.5, 0.6) is 0 Å². The summed E-state index contributed by atoms with van der Waals surface area (Å²) in [6, 6.07) is 71.1. The molecule has 2 aliphatic carbocycles. The number of ether oxygens (including phenoxy) is 6. The maximum atomic E-state index is 12.6. The number of aryl methyl sites for hydroxylation is 2. The van der Waals surface area contributed by atoms with Crippen molar-refractivity contribution in [3.8, 4) is 0 Å². The SMILES string of the molecule is CCCC[N+](CC)(CCC)CCOC(=O)c1cccc2ccccc12.CCC[N+](CC)(CCC)CCOC(=O)c1cccc2ccccc12.CC[N+](CC)(CC)CCOC(=O)C1CCc2ccccc21.CC[N+](CC)(CC)CCOC(=O)c1cccc2ccccc12.C[N+](C)(C)CCOC(=O)C1CCc2ccccc21.C[N+](C)(C)CCOC(=O)c1cccc2ccccc12. The van der Waals surface area contributed by atoms with Crippen LogP contribution in [0.2, 0.25) is 0 Å². The quantitative estimate of drug-likeness (QED) is 0.0203. The lowest BCUT2D eigenvalue weighted by atomic mass is 10.0. The minimum atomic E-state index is -0.245. The van der Waals surface area contributed by atoms with Crippen molar-refractivity contribution < 1.29 is 84.1 Å². The second-order valence-electron chi connectivity index (χ2n) is 36.6. The second-order valence-corrected chi connectivity index (χ2v) is 36.6. The summed E-state index contributed by atoms with van der Waals surface area (Å²) in [6.07, 6.45) is 9.69. The van der Waals surface area contributed by atoms with Gasteiger partial charge in [0, 0.05) is 0 Å². The van der Waals surface area contributed by atoms with E-state index in [9.17, 15) is 28.8 Å². The number of esters is 6. The van der Waals surface area contributed by atoms with E-state index in [1.54, 1.807) is 0 Å². The fraction of sp³-hybridized carbons (Fsp3) is 0.477. The number of carbonyl (C=O) groups is 6. The Morgan fingerprint density at radius 2 is 0.496 bits per heavy atom. The Labute approximate surface area is 773 Å². The van der Waals surface area contributed by atoms with Gasteiger partial charge in [-0.15, -0.1) is 0 Å². The first kappa shape index (κ1) is 106. The Kier molecular flexibility index (Phi) is 44.2. The van der Waals surface area contributed by atoms with E-state index >= 15 is 0 Å². The Hall–Kier alpha value is -10.2. The highest BCUT2D eigenvalue weighted by molar-refractivity contribution is 6.07. The van der Waals surface area contributed by atoms with Gasteiger partial charge < -0.3 is 55.3 Å². The van der Waals surface area contributed by atoms with Crippen LogP contribution in [-0.4, -0.2) is 262 Å². The largest absolute Gasteiger partial charge is 0.459 e. The summed E-state index contributed by atoms with van der Waals surface area (Å²) >= 11 is 0.